The van der Waals surface area contributed by atoms with Crippen molar-refractivity contribution in [1.29, 1.82) is 0 Å². The van der Waals surface area contributed by atoms with Crippen LogP contribution in [-0.2, 0) is 9.47 Å². The zero-order valence-corrected chi connectivity index (χ0v) is 19.1. The van der Waals surface area contributed by atoms with E-state index in [0.29, 0.717) is 24.0 Å². The van der Waals surface area contributed by atoms with E-state index < -0.39 is 53.3 Å². The monoisotopic (exact) mass is 482 g/mol. The highest BCUT2D eigenvalue weighted by Gasteiger charge is 2.35. The Hall–Kier alpha value is -2.84. The van der Waals surface area contributed by atoms with Gasteiger partial charge in [0.2, 0.25) is 0 Å². The molecule has 34 heavy (non-hydrogen) atoms. The molecule has 2 aromatic rings. The summed E-state index contributed by atoms with van der Waals surface area (Å²) in [6, 6.07) is 0. The highest BCUT2D eigenvalue weighted by Crippen LogP contribution is 2.29. The molecule has 13 heteroatoms. The van der Waals surface area contributed by atoms with Gasteiger partial charge in [0.25, 0.3) is 11.1 Å². The third kappa shape index (κ3) is 5.45. The fraction of sp³-hybridized carbons (Fsp3) is 0.619. The molecule has 4 rings (SSSR count). The Morgan fingerprint density at radius 1 is 0.853 bits per heavy atom. The molecule has 13 nitrogen and oxygen atoms in total. The van der Waals surface area contributed by atoms with Crippen LogP contribution in [0.2, 0.25) is 0 Å². The highest BCUT2D eigenvalue weighted by molar-refractivity contribution is 5.03. The van der Waals surface area contributed by atoms with Crippen LogP contribution in [0.1, 0.15) is 49.8 Å². The smallest absolute Gasteiger partial charge is 0.330 e. The van der Waals surface area contributed by atoms with Gasteiger partial charge < -0.3 is 24.8 Å². The van der Waals surface area contributed by atoms with Crippen LogP contribution in [0.15, 0.2) is 31.6 Å². The van der Waals surface area contributed by atoms with E-state index in [0.717, 1.165) is 0 Å². The van der Waals surface area contributed by atoms with E-state index in [9.17, 15) is 29.4 Å². The van der Waals surface area contributed by atoms with E-state index >= 15 is 0 Å². The number of nitrogens with one attached hydrogen (secondary N) is 2. The zero-order chi connectivity index (χ0) is 25.2. The molecule has 4 heterocycles. The molecular formula is C21H30N4O9. The predicted octanol–water partition coefficient (Wildman–Crippen LogP) is -1.61. The second kappa shape index (κ2) is 10.6. The summed E-state index contributed by atoms with van der Waals surface area (Å²) in [4.78, 5) is 50.0. The molecule has 2 aliphatic heterocycles. The standard InChI is InChI=1S/C11H16N2O4.C10H14N2O5/c1-3-8-7(14)4-9(17-8)13-5-6(2)10(15)12-11(13)16;1-5-3-12(10(16)11-9(5)15)8-2-6(14)7(4-13)17-8/h5,7-9,14H,3-4H2,1-2H3,(H,12,15,16);3,6-8,13-14H,2,4H2,1H3,(H,11,15,16)/t7-,8+,9+;6-,7+,8+/m00/s1. The molecule has 0 amide bonds. The Labute approximate surface area is 193 Å². The first-order valence-corrected chi connectivity index (χ1v) is 11.0. The number of rotatable bonds is 4. The first kappa shape index (κ1) is 25.8. The van der Waals surface area contributed by atoms with Gasteiger partial charge >= 0.3 is 11.4 Å². The normalized spacial score (nSPS) is 28.5. The second-order valence-electron chi connectivity index (χ2n) is 8.41. The molecule has 0 radical (unpaired) electrons. The minimum absolute atomic E-state index is 0.205. The molecule has 2 fully saturated rings. The van der Waals surface area contributed by atoms with Gasteiger partial charge in [0, 0.05) is 36.4 Å². The SMILES string of the molecule is CC[C@H]1O[C@@H](n2cc(C)c(=O)[nH]c2=O)C[C@@H]1O.Cc1cn([C@H]2C[C@H](O)[C@@H](CO)O2)c(=O)[nH]c1=O. The van der Waals surface area contributed by atoms with Crippen LogP contribution in [0.5, 0.6) is 0 Å². The number of aliphatic hydroxyl groups excluding tert-OH is 3. The summed E-state index contributed by atoms with van der Waals surface area (Å²) >= 11 is 0. The lowest BCUT2D eigenvalue weighted by Gasteiger charge is -2.14. The lowest BCUT2D eigenvalue weighted by atomic mass is 10.1. The lowest BCUT2D eigenvalue weighted by Crippen LogP contribution is -2.33. The summed E-state index contributed by atoms with van der Waals surface area (Å²) in [5.74, 6) is 0. The number of ether oxygens (including phenoxy) is 2. The summed E-state index contributed by atoms with van der Waals surface area (Å²) in [5.41, 5.74) is -1.09. The van der Waals surface area contributed by atoms with Crippen molar-refractivity contribution in [2.24, 2.45) is 0 Å². The summed E-state index contributed by atoms with van der Waals surface area (Å²) in [6.45, 7) is 4.80. The van der Waals surface area contributed by atoms with Crippen molar-refractivity contribution in [3.8, 4) is 0 Å². The van der Waals surface area contributed by atoms with Crippen molar-refractivity contribution >= 4 is 0 Å². The molecule has 0 bridgehead atoms. The van der Waals surface area contributed by atoms with Crippen molar-refractivity contribution in [2.75, 3.05) is 6.61 Å². The van der Waals surface area contributed by atoms with Crippen molar-refractivity contribution < 1.29 is 24.8 Å². The van der Waals surface area contributed by atoms with Crippen LogP contribution in [0.4, 0.5) is 0 Å². The van der Waals surface area contributed by atoms with Crippen LogP contribution >= 0.6 is 0 Å². The topological polar surface area (TPSA) is 189 Å². The minimum atomic E-state index is -0.816. The molecule has 0 saturated carbocycles. The summed E-state index contributed by atoms with van der Waals surface area (Å²) in [5, 5.41) is 28.2. The van der Waals surface area contributed by atoms with Crippen molar-refractivity contribution in [3.63, 3.8) is 0 Å². The fourth-order valence-electron chi connectivity index (χ4n) is 3.90. The molecular weight excluding hydrogens is 452 g/mol. The van der Waals surface area contributed by atoms with Crippen LogP contribution in [0.3, 0.4) is 0 Å². The Morgan fingerprint density at radius 3 is 1.62 bits per heavy atom. The predicted molar refractivity (Wildman–Crippen MR) is 119 cm³/mol. The third-order valence-electron chi connectivity index (χ3n) is 5.90. The van der Waals surface area contributed by atoms with Gasteiger partial charge in [-0.1, -0.05) is 6.92 Å². The van der Waals surface area contributed by atoms with Gasteiger partial charge in [-0.2, -0.15) is 0 Å². The number of aryl methyl sites for hydroxylation is 2. The van der Waals surface area contributed by atoms with Gasteiger partial charge in [0.15, 0.2) is 0 Å². The number of aliphatic hydroxyl groups is 3. The summed E-state index contributed by atoms with van der Waals surface area (Å²) < 4.78 is 13.4. The van der Waals surface area contributed by atoms with Crippen molar-refractivity contribution in [2.45, 2.75) is 76.9 Å². The number of H-pyrrole nitrogens is 2. The number of aromatic nitrogens is 4. The molecule has 0 aliphatic carbocycles. The molecule has 5 N–H and O–H groups in total. The van der Waals surface area contributed by atoms with Gasteiger partial charge in [-0.25, -0.2) is 9.59 Å². The van der Waals surface area contributed by atoms with Gasteiger partial charge in [-0.15, -0.1) is 0 Å². The molecule has 2 aromatic heterocycles. The second-order valence-corrected chi connectivity index (χ2v) is 8.41. The average molecular weight is 482 g/mol. The quantitative estimate of drug-likeness (QED) is 0.341. The molecule has 2 aliphatic rings. The van der Waals surface area contributed by atoms with Crippen molar-refractivity contribution in [1.82, 2.24) is 19.1 Å². The molecule has 2 saturated heterocycles. The van der Waals surface area contributed by atoms with Gasteiger partial charge in [0.1, 0.15) is 18.6 Å². The lowest BCUT2D eigenvalue weighted by molar-refractivity contribution is -0.0459. The Bertz CT molecular complexity index is 1130. The largest absolute Gasteiger partial charge is 0.394 e. The maximum Gasteiger partial charge on any atom is 0.330 e. The summed E-state index contributed by atoms with van der Waals surface area (Å²) in [7, 11) is 0. The van der Waals surface area contributed by atoms with Gasteiger partial charge in [0.05, 0.1) is 24.9 Å². The minimum Gasteiger partial charge on any atom is -0.394 e. The molecule has 0 aromatic carbocycles. The van der Waals surface area contributed by atoms with E-state index in [2.05, 4.69) is 9.97 Å². The number of hydrogen-bond donors (Lipinski definition) is 5. The Morgan fingerprint density at radius 2 is 1.26 bits per heavy atom. The Kier molecular flexibility index (Phi) is 8.05. The van der Waals surface area contributed by atoms with E-state index in [4.69, 9.17) is 14.6 Å². The maximum atomic E-state index is 11.6. The van der Waals surface area contributed by atoms with Crippen molar-refractivity contribution in [3.05, 3.63) is 65.2 Å². The molecule has 188 valence electrons. The van der Waals surface area contributed by atoms with Crippen LogP contribution < -0.4 is 22.5 Å². The van der Waals surface area contributed by atoms with E-state index in [1.165, 1.54) is 21.5 Å². The van der Waals surface area contributed by atoms with Crippen LogP contribution in [-0.4, -0.2) is 65.4 Å². The van der Waals surface area contributed by atoms with Gasteiger partial charge in [-0.3, -0.25) is 28.7 Å². The molecule has 6 atom stereocenters. The maximum absolute atomic E-state index is 11.6. The third-order valence-corrected chi connectivity index (χ3v) is 5.90. The first-order chi connectivity index (χ1) is 16.0. The van der Waals surface area contributed by atoms with Gasteiger partial charge in [-0.05, 0) is 20.3 Å². The number of aromatic amines is 2. The molecule has 0 spiro atoms. The number of hydrogen-bond acceptors (Lipinski definition) is 9. The fourth-order valence-corrected chi connectivity index (χ4v) is 3.90. The highest BCUT2D eigenvalue weighted by atomic mass is 16.5. The van der Waals surface area contributed by atoms with Crippen LogP contribution in [0.25, 0.3) is 0 Å². The van der Waals surface area contributed by atoms with Crippen LogP contribution in [0, 0.1) is 13.8 Å². The average Bonchev–Trinajstić information content (AvgIpc) is 3.35. The number of nitrogens with zero attached hydrogens (tertiary/aromatic N) is 2. The van der Waals surface area contributed by atoms with E-state index in [1.54, 1.807) is 13.8 Å². The van der Waals surface area contributed by atoms with E-state index in [1.807, 2.05) is 6.92 Å². The van der Waals surface area contributed by atoms with E-state index in [-0.39, 0.29) is 19.1 Å². The summed E-state index contributed by atoms with van der Waals surface area (Å²) in [6.07, 6.45) is 0.624. The Balaban J connectivity index is 0.000000191. The zero-order valence-electron chi connectivity index (χ0n) is 19.1. The molecule has 0 unspecified atom stereocenters. The first-order valence-electron chi connectivity index (χ1n) is 11.0.